The van der Waals surface area contributed by atoms with Crippen LogP contribution >= 0.6 is 23.1 Å². The Balaban J connectivity index is 1.82. The van der Waals surface area contributed by atoms with Crippen molar-refractivity contribution >= 4 is 33.7 Å². The van der Waals surface area contributed by atoms with Gasteiger partial charge in [-0.2, -0.15) is 9.64 Å². The Kier molecular flexibility index (Phi) is 3.68. The van der Waals surface area contributed by atoms with Crippen molar-refractivity contribution in [1.82, 2.24) is 9.36 Å². The summed E-state index contributed by atoms with van der Waals surface area (Å²) in [5.41, 5.74) is 2.94. The van der Waals surface area contributed by atoms with Gasteiger partial charge in [-0.25, -0.2) is 0 Å². The lowest BCUT2D eigenvalue weighted by Crippen LogP contribution is -2.28. The maximum atomic E-state index is 9.13. The SMILES string of the molecule is N#Cc1c(Cl)nsc1N1CC=C(c2cccnc2)CC1. The third kappa shape index (κ3) is 2.40. The van der Waals surface area contributed by atoms with Gasteiger partial charge in [-0.15, -0.1) is 0 Å². The number of nitriles is 1. The fourth-order valence-corrected chi connectivity index (χ4v) is 3.31. The molecule has 6 heteroatoms. The van der Waals surface area contributed by atoms with Gasteiger partial charge in [0.1, 0.15) is 16.6 Å². The molecule has 2 aromatic rings. The number of hydrogen-bond donors (Lipinski definition) is 0. The summed E-state index contributed by atoms with van der Waals surface area (Å²) >= 11 is 7.20. The molecule has 0 atom stereocenters. The Morgan fingerprint density at radius 3 is 3.00 bits per heavy atom. The maximum absolute atomic E-state index is 9.13. The first kappa shape index (κ1) is 13.1. The smallest absolute Gasteiger partial charge is 0.162 e. The predicted octanol–water partition coefficient (Wildman–Crippen LogP) is 3.36. The molecule has 0 fully saturated rings. The van der Waals surface area contributed by atoms with Crippen LogP contribution in [0.4, 0.5) is 5.00 Å². The number of anilines is 1. The first-order chi connectivity index (χ1) is 9.79. The summed E-state index contributed by atoms with van der Waals surface area (Å²) in [6, 6.07) is 6.14. The average Bonchev–Trinajstić information content (AvgIpc) is 2.89. The Morgan fingerprint density at radius 1 is 1.45 bits per heavy atom. The predicted molar refractivity (Wildman–Crippen MR) is 80.9 cm³/mol. The monoisotopic (exact) mass is 302 g/mol. The molecule has 0 aliphatic carbocycles. The van der Waals surface area contributed by atoms with Gasteiger partial charge >= 0.3 is 0 Å². The molecule has 1 aliphatic rings. The van der Waals surface area contributed by atoms with Gasteiger partial charge in [0, 0.05) is 25.5 Å². The summed E-state index contributed by atoms with van der Waals surface area (Å²) in [6.07, 6.45) is 6.75. The first-order valence-corrected chi connectivity index (χ1v) is 7.34. The van der Waals surface area contributed by atoms with Crippen LogP contribution in [0.1, 0.15) is 17.5 Å². The topological polar surface area (TPSA) is 52.8 Å². The summed E-state index contributed by atoms with van der Waals surface area (Å²) < 4.78 is 4.05. The van der Waals surface area contributed by atoms with E-state index in [0.29, 0.717) is 10.7 Å². The molecule has 3 heterocycles. The minimum atomic E-state index is 0.300. The molecular formula is C14H11ClN4S. The summed E-state index contributed by atoms with van der Waals surface area (Å²) in [6.45, 7) is 1.62. The van der Waals surface area contributed by atoms with E-state index < -0.39 is 0 Å². The van der Waals surface area contributed by atoms with Crippen LogP contribution in [0.3, 0.4) is 0 Å². The minimum Gasteiger partial charge on any atom is -0.357 e. The molecule has 0 aromatic carbocycles. The largest absolute Gasteiger partial charge is 0.357 e. The molecule has 0 N–H and O–H groups in total. The van der Waals surface area contributed by atoms with Crippen molar-refractivity contribution in [3.63, 3.8) is 0 Å². The van der Waals surface area contributed by atoms with Crippen LogP contribution in [0.15, 0.2) is 30.6 Å². The van der Waals surface area contributed by atoms with Crippen molar-refractivity contribution in [2.24, 2.45) is 0 Å². The van der Waals surface area contributed by atoms with E-state index in [1.165, 1.54) is 17.1 Å². The van der Waals surface area contributed by atoms with E-state index in [0.717, 1.165) is 30.1 Å². The molecule has 0 unspecified atom stereocenters. The van der Waals surface area contributed by atoms with E-state index in [9.17, 15) is 0 Å². The molecule has 1 aliphatic heterocycles. The van der Waals surface area contributed by atoms with E-state index in [-0.39, 0.29) is 0 Å². The quantitative estimate of drug-likeness (QED) is 0.853. The van der Waals surface area contributed by atoms with E-state index in [2.05, 4.69) is 32.5 Å². The molecule has 20 heavy (non-hydrogen) atoms. The fraction of sp³-hybridized carbons (Fsp3) is 0.214. The van der Waals surface area contributed by atoms with E-state index in [4.69, 9.17) is 16.9 Å². The average molecular weight is 303 g/mol. The summed E-state index contributed by atoms with van der Waals surface area (Å²) in [4.78, 5) is 6.29. The van der Waals surface area contributed by atoms with Crippen molar-refractivity contribution in [2.45, 2.75) is 6.42 Å². The van der Waals surface area contributed by atoms with Crippen LogP contribution in [-0.2, 0) is 0 Å². The number of hydrogen-bond acceptors (Lipinski definition) is 5. The second-order valence-corrected chi connectivity index (χ2v) is 5.54. The highest BCUT2D eigenvalue weighted by atomic mass is 35.5. The van der Waals surface area contributed by atoms with Gasteiger partial charge in [0.25, 0.3) is 0 Å². The molecule has 3 rings (SSSR count). The molecule has 0 radical (unpaired) electrons. The second-order valence-electron chi connectivity index (χ2n) is 4.43. The van der Waals surface area contributed by atoms with Crippen molar-refractivity contribution in [3.8, 4) is 6.07 Å². The molecule has 0 saturated heterocycles. The zero-order valence-corrected chi connectivity index (χ0v) is 12.2. The third-order valence-corrected chi connectivity index (χ3v) is 4.56. The number of pyridine rings is 1. The molecule has 0 amide bonds. The van der Waals surface area contributed by atoms with Crippen LogP contribution in [0.25, 0.3) is 5.57 Å². The van der Waals surface area contributed by atoms with E-state index in [1.54, 1.807) is 6.20 Å². The maximum Gasteiger partial charge on any atom is 0.162 e. The molecule has 0 spiro atoms. The van der Waals surface area contributed by atoms with Gasteiger partial charge in [0.05, 0.1) is 0 Å². The van der Waals surface area contributed by atoms with Crippen molar-refractivity contribution < 1.29 is 0 Å². The summed E-state index contributed by atoms with van der Waals surface area (Å²) in [5, 5.41) is 10.3. The Morgan fingerprint density at radius 2 is 2.35 bits per heavy atom. The zero-order valence-electron chi connectivity index (χ0n) is 10.6. The standard InChI is InChI=1S/C14H11ClN4S/c15-13-12(8-16)14(20-18-13)19-6-3-10(4-7-19)11-2-1-5-17-9-11/h1-3,5,9H,4,6-7H2. The highest BCUT2D eigenvalue weighted by Gasteiger charge is 2.20. The molecular weight excluding hydrogens is 292 g/mol. The van der Waals surface area contributed by atoms with Crippen LogP contribution in [-0.4, -0.2) is 22.4 Å². The fourth-order valence-electron chi connectivity index (χ4n) is 2.24. The molecule has 0 saturated carbocycles. The molecule has 100 valence electrons. The van der Waals surface area contributed by atoms with E-state index >= 15 is 0 Å². The summed E-state index contributed by atoms with van der Waals surface area (Å²) in [5.74, 6) is 0. The van der Waals surface area contributed by atoms with Gasteiger partial charge in [-0.05, 0) is 35.2 Å². The molecule has 4 nitrogen and oxygen atoms in total. The minimum absolute atomic E-state index is 0.300. The van der Waals surface area contributed by atoms with Gasteiger partial charge in [-0.1, -0.05) is 23.7 Å². The number of rotatable bonds is 2. The Hall–Kier alpha value is -1.90. The first-order valence-electron chi connectivity index (χ1n) is 6.19. The van der Waals surface area contributed by atoms with Gasteiger partial charge < -0.3 is 4.90 Å². The lowest BCUT2D eigenvalue weighted by Gasteiger charge is -2.27. The van der Waals surface area contributed by atoms with Crippen molar-refractivity contribution in [2.75, 3.05) is 18.0 Å². The number of aromatic nitrogens is 2. The Bertz CT molecular complexity index is 687. The number of nitrogens with zero attached hydrogens (tertiary/aromatic N) is 4. The highest BCUT2D eigenvalue weighted by Crippen LogP contribution is 2.33. The van der Waals surface area contributed by atoms with Crippen LogP contribution in [0, 0.1) is 11.3 Å². The van der Waals surface area contributed by atoms with Crippen molar-refractivity contribution in [1.29, 1.82) is 5.26 Å². The highest BCUT2D eigenvalue weighted by molar-refractivity contribution is 7.10. The van der Waals surface area contributed by atoms with Crippen LogP contribution in [0.2, 0.25) is 5.15 Å². The lowest BCUT2D eigenvalue weighted by molar-refractivity contribution is 0.839. The van der Waals surface area contributed by atoms with Crippen molar-refractivity contribution in [3.05, 3.63) is 46.9 Å². The van der Waals surface area contributed by atoms with Crippen LogP contribution < -0.4 is 4.90 Å². The Labute approximate surface area is 126 Å². The van der Waals surface area contributed by atoms with E-state index in [1.807, 2.05) is 12.3 Å². The molecule has 2 aromatic heterocycles. The van der Waals surface area contributed by atoms with Crippen LogP contribution in [0.5, 0.6) is 0 Å². The lowest BCUT2D eigenvalue weighted by atomic mass is 10.0. The zero-order chi connectivity index (χ0) is 13.9. The van der Waals surface area contributed by atoms with Gasteiger partial charge in [0.2, 0.25) is 0 Å². The number of halogens is 1. The second kappa shape index (κ2) is 5.61. The normalized spacial score (nSPS) is 14.8. The summed E-state index contributed by atoms with van der Waals surface area (Å²) in [7, 11) is 0. The molecule has 0 bridgehead atoms. The third-order valence-electron chi connectivity index (χ3n) is 3.27. The van der Waals surface area contributed by atoms with Gasteiger partial charge in [-0.3, -0.25) is 4.98 Å². The van der Waals surface area contributed by atoms with Gasteiger partial charge in [0.15, 0.2) is 5.15 Å².